The summed E-state index contributed by atoms with van der Waals surface area (Å²) in [6.07, 6.45) is 22.9. The second kappa shape index (κ2) is 86.3. The molecule has 140 heavy (non-hydrogen) atoms. The minimum Gasteiger partial charge on any atom is -0.377 e. The quantitative estimate of drug-likeness (QED) is 0.160. The molecule has 3 aliphatic carbocycles. The Morgan fingerprint density at radius 1 is 0.300 bits per heavy atom. The van der Waals surface area contributed by atoms with Crippen molar-refractivity contribution >= 4 is 112 Å². The minimum absolute atomic E-state index is 0. The van der Waals surface area contributed by atoms with E-state index in [9.17, 15) is 0 Å². The second-order valence-corrected chi connectivity index (χ2v) is 28.8. The fraction of sp³-hybridized carbons (Fsp3) is 0.313. The zero-order valence-electron chi connectivity index (χ0n) is 94.4. The minimum atomic E-state index is 0. The molecule has 0 spiro atoms. The molecule has 0 amide bonds. The molecule has 0 saturated heterocycles. The van der Waals surface area contributed by atoms with E-state index in [0.29, 0.717) is 0 Å². The van der Waals surface area contributed by atoms with Crippen LogP contribution in [-0.4, -0.2) is 37.2 Å². The van der Waals surface area contributed by atoms with E-state index < -0.39 is 0 Å². The van der Waals surface area contributed by atoms with Gasteiger partial charge in [0.15, 0.2) is 0 Å². The number of allylic oxidation sites excluding steroid dienone is 3. The Balaban J connectivity index is -0.000000474. The Hall–Kier alpha value is -10.6. The van der Waals surface area contributed by atoms with Crippen molar-refractivity contribution in [2.45, 2.75) is 254 Å². The Labute approximate surface area is 907 Å². The van der Waals surface area contributed by atoms with Crippen LogP contribution >= 0.6 is 0 Å². The van der Waals surface area contributed by atoms with Gasteiger partial charge in [0.25, 0.3) is 0 Å². The Bertz CT molecular complexity index is 5810. The zero-order valence-corrected chi connectivity index (χ0v) is 100. The maximum atomic E-state index is 5.19. The third-order valence-corrected chi connectivity index (χ3v) is 20.6. The molecule has 0 bridgehead atoms. The average Bonchev–Trinajstić information content (AvgIpc) is 1.57. The summed E-state index contributed by atoms with van der Waals surface area (Å²) in [7, 11) is 10.5. The molecule has 0 atom stereocenters. The van der Waals surface area contributed by atoms with Crippen LogP contribution in [0.4, 0.5) is 11.4 Å². The zero-order chi connectivity index (χ0) is 105. The van der Waals surface area contributed by atoms with Crippen LogP contribution in [0.25, 0.3) is 101 Å². The summed E-state index contributed by atoms with van der Waals surface area (Å²) in [4.78, 5) is 4.35. The number of hydrogen-bond acceptors (Lipinski definition) is 2. The predicted octanol–water partition coefficient (Wildman–Crippen LogP) is 40.9. The molecule has 0 saturated carbocycles. The van der Waals surface area contributed by atoms with E-state index in [1.54, 1.807) is 0 Å². The van der Waals surface area contributed by atoms with Crippen molar-refractivity contribution in [3.63, 3.8) is 0 Å². The maximum absolute atomic E-state index is 5.19. The van der Waals surface area contributed by atoms with E-state index >= 15 is 0 Å². The van der Waals surface area contributed by atoms with Gasteiger partial charge in [-0.15, -0.1) is 12.1 Å². The first-order valence-electron chi connectivity index (χ1n) is 51.8. The SMILES string of the molecule is C1=Cc2ccccc2C1.C1=Cc2ccccc2C1.C1=Cc2ccccc2C1.CC.CC.CC.CC.CC.CC.CC.CC.CC.CC.CC.CC.CC.CCc1ccccc1C.Cc1cc2ccccc2c(C)c1N(C)C.Cc1cccc(C)c1N(C)C.Cc1cccc2c3ccccc3n(C)c12.[CH-]=Cc1[c-]cccc1.[CH-]=Cc1[c-]cccc1.[Y].[Y].c1ccc2cc3c(cc2c1)c1cccc2ccn3c21. The molecule has 748 valence electrons. The van der Waals surface area contributed by atoms with E-state index in [4.69, 9.17) is 13.2 Å². The standard InChI is InChI=1S/C18H11N.C14H13N.C14H17N.C10H15N.3C9H8.C9H12.2C8H6.13C2H6.2Y/c1-2-5-14-11-17-16(10-13(14)4-1)15-7-3-6-12-8-9-19(17)18(12)15;1-10-6-5-8-12-11-7-3-4-9-13(11)15(2)14(10)12;1-10-9-12-7-5-6-8-13(12)11(2)14(10)15(3)4;1-8-6-5-7-9(2)10(8)11(3)4;3*1-2-5-9-7-3-6-8(9)4-1;1-3-9-7-5-4-6-8(9)2;2*1-2-8-6-4-3-5-7-8;13*1-2;;/h1-11H;3-9H,1-2H3;5-9H,1-4H3;5-7H,1-4H3;3*1-6H,7H2;4-7H,3H2,1-2H3;2*1-6H;13*1-2H3;;/q;;;;;;;;2*-2;;;;;;;;;;;;;;;. The normalized spacial score (nSPS) is 9.59. The molecular formula is C134H182N4Y2-4. The summed E-state index contributed by atoms with van der Waals surface area (Å²) in [6.45, 7) is 77.5. The molecule has 0 aliphatic heterocycles. The van der Waals surface area contributed by atoms with Gasteiger partial charge in [-0.05, 0) is 191 Å². The third-order valence-electron chi connectivity index (χ3n) is 20.6. The largest absolute Gasteiger partial charge is 0.377 e. The van der Waals surface area contributed by atoms with Gasteiger partial charge in [0.2, 0.25) is 0 Å². The molecule has 3 heterocycles. The van der Waals surface area contributed by atoms with E-state index in [2.05, 4.69) is 406 Å². The van der Waals surface area contributed by atoms with Crippen LogP contribution < -0.4 is 9.80 Å². The van der Waals surface area contributed by atoms with Crippen LogP contribution in [0.3, 0.4) is 0 Å². The number of nitrogens with zero attached hydrogens (tertiary/aromatic N) is 4. The smallest absolute Gasteiger partial charge is 0.0607 e. The van der Waals surface area contributed by atoms with Gasteiger partial charge in [0.1, 0.15) is 0 Å². The molecule has 0 fully saturated rings. The molecule has 17 aromatic rings. The summed E-state index contributed by atoms with van der Waals surface area (Å²) in [5.41, 5.74) is 28.0. The van der Waals surface area contributed by atoms with Gasteiger partial charge in [-0.3, -0.25) is 0 Å². The summed E-state index contributed by atoms with van der Waals surface area (Å²) < 4.78 is 4.59. The van der Waals surface area contributed by atoms with Crippen molar-refractivity contribution in [1.82, 2.24) is 8.97 Å². The van der Waals surface area contributed by atoms with Gasteiger partial charge in [-0.25, -0.2) is 24.3 Å². The van der Waals surface area contributed by atoms with E-state index in [-0.39, 0.29) is 65.4 Å². The molecule has 3 aromatic heterocycles. The van der Waals surface area contributed by atoms with Crippen molar-refractivity contribution in [2.75, 3.05) is 38.0 Å². The number of anilines is 2. The van der Waals surface area contributed by atoms with Gasteiger partial charge in [0, 0.05) is 151 Å². The average molecular weight is 2030 g/mol. The number of hydrogen-bond donors (Lipinski definition) is 0. The summed E-state index contributed by atoms with van der Waals surface area (Å²) in [6, 6.07) is 109. The van der Waals surface area contributed by atoms with Crippen LogP contribution in [0.1, 0.15) is 270 Å². The van der Waals surface area contributed by atoms with E-state index in [1.165, 1.54) is 166 Å². The van der Waals surface area contributed by atoms with Gasteiger partial charge in [-0.2, -0.15) is 24.3 Å². The summed E-state index contributed by atoms with van der Waals surface area (Å²) in [5.74, 6) is 0. The molecule has 2 radical (unpaired) electrons. The molecule has 4 nitrogen and oxygen atoms in total. The topological polar surface area (TPSA) is 15.8 Å². The van der Waals surface area contributed by atoms with Crippen LogP contribution in [-0.2, 0) is 98.1 Å². The molecule has 6 heteroatoms. The summed E-state index contributed by atoms with van der Waals surface area (Å²) >= 11 is 0. The van der Waals surface area contributed by atoms with Gasteiger partial charge < -0.3 is 55.2 Å². The van der Waals surface area contributed by atoms with Crippen LogP contribution in [0, 0.1) is 66.8 Å². The monoisotopic (exact) mass is 2030 g/mol. The fourth-order valence-electron chi connectivity index (χ4n) is 15.2. The van der Waals surface area contributed by atoms with Gasteiger partial charge in [0.05, 0.1) is 16.6 Å². The molecule has 20 rings (SSSR count). The molecule has 3 aliphatic rings. The van der Waals surface area contributed by atoms with Crippen molar-refractivity contribution < 1.29 is 65.4 Å². The van der Waals surface area contributed by atoms with Crippen LogP contribution in [0.15, 0.2) is 322 Å². The number of aromatic nitrogens is 2. The number of para-hydroxylation sites is 4. The van der Waals surface area contributed by atoms with E-state index in [0.717, 1.165) is 36.8 Å². The molecule has 14 aromatic carbocycles. The Morgan fingerprint density at radius 3 is 1.04 bits per heavy atom. The van der Waals surface area contributed by atoms with Crippen LogP contribution in [0.2, 0.25) is 0 Å². The van der Waals surface area contributed by atoms with Crippen molar-refractivity contribution in [3.05, 3.63) is 430 Å². The first-order chi connectivity index (χ1) is 67.5. The molecular weight excluding hydrogens is 1840 g/mol. The predicted molar refractivity (Wildman–Crippen MR) is 638 cm³/mol. The molecule has 0 N–H and O–H groups in total. The van der Waals surface area contributed by atoms with E-state index in [1.807, 2.05) is 229 Å². The Morgan fingerprint density at radius 2 is 0.643 bits per heavy atom. The maximum Gasteiger partial charge on any atom is 0.0607 e. The third kappa shape index (κ3) is 44.7. The second-order valence-electron chi connectivity index (χ2n) is 28.8. The van der Waals surface area contributed by atoms with Gasteiger partial charge in [-0.1, -0.05) is 442 Å². The Kier molecular flexibility index (Phi) is 85.0. The van der Waals surface area contributed by atoms with Crippen LogP contribution in [0.5, 0.6) is 0 Å². The fourth-order valence-corrected chi connectivity index (χ4v) is 15.2. The number of aryl methyl sites for hydroxylation is 8. The first-order valence-corrected chi connectivity index (χ1v) is 51.8. The van der Waals surface area contributed by atoms with Crippen molar-refractivity contribution in [1.29, 1.82) is 0 Å². The van der Waals surface area contributed by atoms with Crippen molar-refractivity contribution in [2.24, 2.45) is 7.05 Å². The van der Waals surface area contributed by atoms with Crippen molar-refractivity contribution in [3.8, 4) is 0 Å². The number of benzene rings is 14. The summed E-state index contributed by atoms with van der Waals surface area (Å²) in [5, 5.41) is 12.0. The molecule has 0 unspecified atom stereocenters. The van der Waals surface area contributed by atoms with Gasteiger partial charge >= 0.3 is 0 Å². The number of fused-ring (bicyclic) bond motifs is 11. The number of rotatable bonds is 5. The first kappa shape index (κ1) is 138.